The molecule has 3 aromatic rings. The molecule has 0 unspecified atom stereocenters. The van der Waals surface area contributed by atoms with Crippen molar-refractivity contribution in [3.63, 3.8) is 0 Å². The minimum atomic E-state index is -0.502. The maximum atomic E-state index is 14.0. The van der Waals surface area contributed by atoms with Gasteiger partial charge in [-0.05, 0) is 54.8 Å². The van der Waals surface area contributed by atoms with Crippen LogP contribution >= 0.6 is 0 Å². The summed E-state index contributed by atoms with van der Waals surface area (Å²) in [7, 11) is 0. The lowest BCUT2D eigenvalue weighted by Gasteiger charge is -2.36. The van der Waals surface area contributed by atoms with Crippen molar-refractivity contribution in [1.82, 2.24) is 9.80 Å². The summed E-state index contributed by atoms with van der Waals surface area (Å²) in [5, 5.41) is 2.91. The van der Waals surface area contributed by atoms with Crippen molar-refractivity contribution in [3.8, 4) is 0 Å². The van der Waals surface area contributed by atoms with Gasteiger partial charge in [-0.3, -0.25) is 14.4 Å². The Kier molecular flexibility index (Phi) is 7.67. The predicted octanol–water partition coefficient (Wildman–Crippen LogP) is 4.17. The van der Waals surface area contributed by atoms with Crippen LogP contribution in [0.2, 0.25) is 0 Å². The Labute approximate surface area is 221 Å². The zero-order valence-electron chi connectivity index (χ0n) is 21.2. The predicted molar refractivity (Wildman–Crippen MR) is 144 cm³/mol. The molecule has 2 fully saturated rings. The highest BCUT2D eigenvalue weighted by molar-refractivity contribution is 5.95. The zero-order chi connectivity index (χ0) is 26.5. The fraction of sp³-hybridized carbons (Fsp3) is 0.300. The first-order chi connectivity index (χ1) is 18.5. The van der Waals surface area contributed by atoms with E-state index in [2.05, 4.69) is 10.2 Å². The molecule has 196 valence electrons. The highest BCUT2D eigenvalue weighted by Crippen LogP contribution is 2.31. The molecule has 5 rings (SSSR count). The van der Waals surface area contributed by atoms with Crippen LogP contribution in [0.3, 0.4) is 0 Å². The number of nitrogens with zero attached hydrogens (tertiary/aromatic N) is 3. The van der Waals surface area contributed by atoms with Crippen LogP contribution in [0.1, 0.15) is 28.8 Å². The molecular weight excluding hydrogens is 483 g/mol. The Balaban J connectivity index is 1.14. The van der Waals surface area contributed by atoms with Gasteiger partial charge in [0.05, 0.1) is 5.56 Å². The van der Waals surface area contributed by atoms with Gasteiger partial charge in [-0.25, -0.2) is 4.39 Å². The fourth-order valence-electron chi connectivity index (χ4n) is 4.71. The maximum absolute atomic E-state index is 14.0. The third-order valence-corrected chi connectivity index (χ3v) is 6.98. The lowest BCUT2D eigenvalue weighted by atomic mass is 10.1. The maximum Gasteiger partial charge on any atom is 0.256 e. The third kappa shape index (κ3) is 6.19. The van der Waals surface area contributed by atoms with Crippen molar-refractivity contribution < 1.29 is 18.8 Å². The van der Waals surface area contributed by atoms with E-state index < -0.39 is 5.82 Å². The average Bonchev–Trinajstić information content (AvgIpc) is 3.79. The summed E-state index contributed by atoms with van der Waals surface area (Å²) in [6.45, 7) is 2.67. The molecule has 8 heteroatoms. The lowest BCUT2D eigenvalue weighted by molar-refractivity contribution is -0.136. The van der Waals surface area contributed by atoms with E-state index in [0.29, 0.717) is 38.4 Å². The first kappa shape index (κ1) is 25.4. The first-order valence-electron chi connectivity index (χ1n) is 13.0. The quantitative estimate of drug-likeness (QED) is 0.490. The molecule has 1 saturated heterocycles. The number of rotatable bonds is 8. The topological polar surface area (TPSA) is 73.0 Å². The molecule has 1 saturated carbocycles. The number of piperazine rings is 1. The number of benzene rings is 3. The minimum absolute atomic E-state index is 0.00394. The number of hydrogen-bond acceptors (Lipinski definition) is 4. The van der Waals surface area contributed by atoms with Crippen molar-refractivity contribution >= 4 is 29.1 Å². The Morgan fingerprint density at radius 3 is 2.16 bits per heavy atom. The smallest absolute Gasteiger partial charge is 0.256 e. The van der Waals surface area contributed by atoms with Crippen molar-refractivity contribution in [2.75, 3.05) is 42.9 Å². The monoisotopic (exact) mass is 514 g/mol. The standard InChI is InChI=1S/C30H31FN4O3/c31-27-9-5-4-8-26(27)30(38)34-18-16-33(17-19-34)25-14-12-24(13-15-25)32-28(36)21-35(29(37)23-10-11-23)20-22-6-2-1-3-7-22/h1-9,12-15,23H,10-11,16-21H2,(H,32,36). The molecule has 3 amide bonds. The summed E-state index contributed by atoms with van der Waals surface area (Å²) in [5.41, 5.74) is 2.73. The highest BCUT2D eigenvalue weighted by Gasteiger charge is 2.34. The van der Waals surface area contributed by atoms with Crippen LogP contribution in [0.15, 0.2) is 78.9 Å². The molecule has 0 radical (unpaired) electrons. The van der Waals surface area contributed by atoms with E-state index in [1.807, 2.05) is 54.6 Å². The molecule has 1 N–H and O–H groups in total. The van der Waals surface area contributed by atoms with E-state index in [4.69, 9.17) is 0 Å². The van der Waals surface area contributed by atoms with Crippen LogP contribution in [-0.2, 0) is 16.1 Å². The van der Waals surface area contributed by atoms with E-state index in [1.165, 1.54) is 12.1 Å². The molecule has 1 aliphatic carbocycles. The summed E-state index contributed by atoms with van der Waals surface area (Å²) in [4.78, 5) is 43.7. The second kappa shape index (κ2) is 11.5. The summed E-state index contributed by atoms with van der Waals surface area (Å²) in [6, 6.07) is 23.3. The number of hydrogen-bond donors (Lipinski definition) is 1. The fourth-order valence-corrected chi connectivity index (χ4v) is 4.71. The molecule has 0 atom stereocenters. The van der Waals surface area contributed by atoms with E-state index >= 15 is 0 Å². The van der Waals surface area contributed by atoms with E-state index in [0.717, 1.165) is 24.1 Å². The van der Waals surface area contributed by atoms with Crippen LogP contribution < -0.4 is 10.2 Å². The van der Waals surface area contributed by atoms with E-state index in [-0.39, 0.29) is 35.7 Å². The number of carbonyl (C=O) groups excluding carboxylic acids is 3. The highest BCUT2D eigenvalue weighted by atomic mass is 19.1. The molecule has 7 nitrogen and oxygen atoms in total. The molecular formula is C30H31FN4O3. The van der Waals surface area contributed by atoms with Gasteiger partial charge in [0.15, 0.2) is 0 Å². The molecule has 2 aliphatic rings. The Morgan fingerprint density at radius 1 is 0.842 bits per heavy atom. The molecule has 1 heterocycles. The van der Waals surface area contributed by atoms with Crippen molar-refractivity contribution in [3.05, 3.63) is 95.8 Å². The molecule has 0 bridgehead atoms. The minimum Gasteiger partial charge on any atom is -0.368 e. The van der Waals surface area contributed by atoms with Gasteiger partial charge in [-0.1, -0.05) is 42.5 Å². The number of carbonyl (C=O) groups is 3. The molecule has 0 aromatic heterocycles. The Bertz CT molecular complexity index is 1290. The molecule has 3 aromatic carbocycles. The molecule has 0 spiro atoms. The third-order valence-electron chi connectivity index (χ3n) is 6.98. The SMILES string of the molecule is O=C(CN(Cc1ccccc1)C(=O)C1CC1)Nc1ccc(N2CCN(C(=O)c3ccccc3F)CC2)cc1. The van der Waals surface area contributed by atoms with E-state index in [9.17, 15) is 18.8 Å². The average molecular weight is 515 g/mol. The van der Waals surface area contributed by atoms with E-state index in [1.54, 1.807) is 21.9 Å². The molecule has 38 heavy (non-hydrogen) atoms. The van der Waals surface area contributed by atoms with Crippen LogP contribution in [-0.4, -0.2) is 60.2 Å². The van der Waals surface area contributed by atoms with Crippen molar-refractivity contribution in [1.29, 1.82) is 0 Å². The largest absolute Gasteiger partial charge is 0.368 e. The summed E-state index contributed by atoms with van der Waals surface area (Å²) >= 11 is 0. The Hall–Kier alpha value is -4.20. The van der Waals surface area contributed by atoms with Gasteiger partial charge >= 0.3 is 0 Å². The summed E-state index contributed by atoms with van der Waals surface area (Å²) < 4.78 is 14.0. The lowest BCUT2D eigenvalue weighted by Crippen LogP contribution is -2.49. The normalized spacial score (nSPS) is 15.2. The van der Waals surface area contributed by atoms with Gasteiger partial charge in [0, 0.05) is 50.0 Å². The summed E-state index contributed by atoms with van der Waals surface area (Å²) in [6.07, 6.45) is 1.78. The Morgan fingerprint density at radius 2 is 1.50 bits per heavy atom. The van der Waals surface area contributed by atoms with Crippen LogP contribution in [0.25, 0.3) is 0 Å². The van der Waals surface area contributed by atoms with Crippen LogP contribution in [0.5, 0.6) is 0 Å². The van der Waals surface area contributed by atoms with Crippen molar-refractivity contribution in [2.24, 2.45) is 5.92 Å². The van der Waals surface area contributed by atoms with Gasteiger partial charge in [0.2, 0.25) is 11.8 Å². The number of halogens is 1. The second-order valence-corrected chi connectivity index (χ2v) is 9.81. The van der Waals surface area contributed by atoms with Gasteiger partial charge in [-0.2, -0.15) is 0 Å². The van der Waals surface area contributed by atoms with Crippen LogP contribution in [0, 0.1) is 11.7 Å². The van der Waals surface area contributed by atoms with Gasteiger partial charge in [-0.15, -0.1) is 0 Å². The summed E-state index contributed by atoms with van der Waals surface area (Å²) in [5.74, 6) is -0.955. The number of amides is 3. The van der Waals surface area contributed by atoms with Crippen molar-refractivity contribution in [2.45, 2.75) is 19.4 Å². The first-order valence-corrected chi connectivity index (χ1v) is 13.0. The number of nitrogens with one attached hydrogen (secondary N) is 1. The van der Waals surface area contributed by atoms with Crippen LogP contribution in [0.4, 0.5) is 15.8 Å². The van der Waals surface area contributed by atoms with Gasteiger partial charge in [0.25, 0.3) is 5.91 Å². The van der Waals surface area contributed by atoms with Gasteiger partial charge < -0.3 is 20.0 Å². The number of anilines is 2. The zero-order valence-corrected chi connectivity index (χ0v) is 21.2. The second-order valence-electron chi connectivity index (χ2n) is 9.81. The molecule has 1 aliphatic heterocycles. The van der Waals surface area contributed by atoms with Gasteiger partial charge in [0.1, 0.15) is 12.4 Å².